The molecule has 4 nitrogen and oxygen atoms in total. The lowest BCUT2D eigenvalue weighted by Crippen LogP contribution is -2.50. The van der Waals surface area contributed by atoms with Crippen molar-refractivity contribution >= 4 is 17.7 Å². The topological polar surface area (TPSA) is 45.2 Å². The van der Waals surface area contributed by atoms with Crippen LogP contribution in [0.3, 0.4) is 0 Å². The Balaban J connectivity index is 1.74. The molecule has 2 aliphatic rings. The van der Waals surface area contributed by atoms with E-state index in [1.54, 1.807) is 0 Å². The van der Waals surface area contributed by atoms with Crippen LogP contribution in [0.2, 0.25) is 0 Å². The molecule has 3 rings (SSSR count). The Morgan fingerprint density at radius 3 is 3.00 bits per heavy atom. The molecule has 1 amide bonds. The number of nitrogens with zero attached hydrogens (tertiary/aromatic N) is 2. The lowest BCUT2D eigenvalue weighted by atomic mass is 10.1. The highest BCUT2D eigenvalue weighted by atomic mass is 32.2. The van der Waals surface area contributed by atoms with Crippen molar-refractivity contribution in [2.75, 3.05) is 24.6 Å². The number of pyridine rings is 1. The molecule has 102 valence electrons. The zero-order valence-electron chi connectivity index (χ0n) is 10.9. The molecular formula is C14H19N3OS. The molecule has 0 saturated carbocycles. The number of aromatic nitrogens is 1. The van der Waals surface area contributed by atoms with E-state index < -0.39 is 0 Å². The van der Waals surface area contributed by atoms with Gasteiger partial charge in [-0.25, -0.2) is 0 Å². The Labute approximate surface area is 118 Å². The molecule has 0 aromatic carbocycles. The second kappa shape index (κ2) is 5.92. The maximum atomic E-state index is 12.6. The molecule has 2 aliphatic heterocycles. The number of nitrogens with one attached hydrogen (secondary N) is 1. The SMILES string of the molecule is O=C(C1CSCCN1)N1CCCC1c1ccncc1. The van der Waals surface area contributed by atoms with Gasteiger partial charge in [0, 0.05) is 37.0 Å². The normalized spacial score (nSPS) is 27.5. The first-order valence-electron chi connectivity index (χ1n) is 6.88. The maximum Gasteiger partial charge on any atom is 0.241 e. The van der Waals surface area contributed by atoms with Crippen LogP contribution in [-0.4, -0.2) is 46.4 Å². The summed E-state index contributed by atoms with van der Waals surface area (Å²) in [4.78, 5) is 18.7. The number of carbonyl (C=O) groups excluding carboxylic acids is 1. The minimum atomic E-state index is 0.00110. The van der Waals surface area contributed by atoms with Gasteiger partial charge >= 0.3 is 0 Å². The molecule has 2 atom stereocenters. The van der Waals surface area contributed by atoms with E-state index >= 15 is 0 Å². The number of hydrogen-bond donors (Lipinski definition) is 1. The van der Waals surface area contributed by atoms with Crippen LogP contribution in [0.4, 0.5) is 0 Å². The molecule has 2 saturated heterocycles. The molecule has 0 spiro atoms. The van der Waals surface area contributed by atoms with Crippen molar-refractivity contribution in [3.8, 4) is 0 Å². The summed E-state index contributed by atoms with van der Waals surface area (Å²) in [5, 5.41) is 3.34. The van der Waals surface area contributed by atoms with Gasteiger partial charge in [-0.1, -0.05) is 0 Å². The largest absolute Gasteiger partial charge is 0.334 e. The molecule has 1 aromatic heterocycles. The second-order valence-electron chi connectivity index (χ2n) is 5.05. The van der Waals surface area contributed by atoms with Crippen molar-refractivity contribution in [2.24, 2.45) is 0 Å². The van der Waals surface area contributed by atoms with E-state index in [1.807, 2.05) is 36.3 Å². The molecule has 19 heavy (non-hydrogen) atoms. The van der Waals surface area contributed by atoms with E-state index in [0.29, 0.717) is 0 Å². The summed E-state index contributed by atoms with van der Waals surface area (Å²) in [6.45, 7) is 1.82. The van der Waals surface area contributed by atoms with Crippen molar-refractivity contribution in [2.45, 2.75) is 24.9 Å². The van der Waals surface area contributed by atoms with Gasteiger partial charge in [-0.15, -0.1) is 0 Å². The van der Waals surface area contributed by atoms with E-state index in [2.05, 4.69) is 15.2 Å². The first-order chi connectivity index (χ1) is 9.36. The number of likely N-dealkylation sites (tertiary alicyclic amines) is 1. The molecule has 2 unspecified atom stereocenters. The fraction of sp³-hybridized carbons (Fsp3) is 0.571. The van der Waals surface area contributed by atoms with Gasteiger partial charge in [0.15, 0.2) is 0 Å². The van der Waals surface area contributed by atoms with Gasteiger partial charge in [0.25, 0.3) is 0 Å². The van der Waals surface area contributed by atoms with Crippen LogP contribution in [0.25, 0.3) is 0 Å². The van der Waals surface area contributed by atoms with Crippen LogP contribution in [0.5, 0.6) is 0 Å². The fourth-order valence-electron chi connectivity index (χ4n) is 2.89. The van der Waals surface area contributed by atoms with Crippen molar-refractivity contribution in [3.63, 3.8) is 0 Å². The Morgan fingerprint density at radius 2 is 2.26 bits per heavy atom. The zero-order valence-corrected chi connectivity index (χ0v) is 11.7. The number of rotatable bonds is 2. The minimum Gasteiger partial charge on any atom is -0.334 e. The van der Waals surface area contributed by atoms with Gasteiger partial charge in [0.05, 0.1) is 12.1 Å². The molecule has 0 aliphatic carbocycles. The number of carbonyl (C=O) groups is 1. The number of thioether (sulfide) groups is 1. The van der Waals surface area contributed by atoms with Crippen molar-refractivity contribution < 1.29 is 4.79 Å². The molecule has 1 aromatic rings. The fourth-order valence-corrected chi connectivity index (χ4v) is 3.81. The van der Waals surface area contributed by atoms with E-state index in [4.69, 9.17) is 0 Å². The lowest BCUT2D eigenvalue weighted by Gasteiger charge is -2.31. The number of hydrogen-bond acceptors (Lipinski definition) is 4. The zero-order chi connectivity index (χ0) is 13.1. The molecule has 0 bridgehead atoms. The average Bonchev–Trinajstić information content (AvgIpc) is 2.98. The molecule has 2 fully saturated rings. The lowest BCUT2D eigenvalue weighted by molar-refractivity contribution is -0.133. The van der Waals surface area contributed by atoms with Gasteiger partial charge in [-0.3, -0.25) is 9.78 Å². The van der Waals surface area contributed by atoms with Crippen molar-refractivity contribution in [3.05, 3.63) is 30.1 Å². The molecule has 0 radical (unpaired) electrons. The van der Waals surface area contributed by atoms with E-state index in [9.17, 15) is 4.79 Å². The summed E-state index contributed by atoms with van der Waals surface area (Å²) >= 11 is 1.87. The standard InChI is InChI=1S/C14H19N3OS/c18-14(12-10-19-9-7-16-12)17-8-1-2-13(17)11-3-5-15-6-4-11/h3-6,12-13,16H,1-2,7-10H2. The van der Waals surface area contributed by atoms with Crippen molar-refractivity contribution in [1.29, 1.82) is 0 Å². The summed E-state index contributed by atoms with van der Waals surface area (Å²) in [5.74, 6) is 2.28. The predicted octanol–water partition coefficient (Wildman–Crippen LogP) is 1.45. The van der Waals surface area contributed by atoms with E-state index in [0.717, 1.165) is 37.4 Å². The third-order valence-corrected chi connectivity index (χ3v) is 4.91. The van der Waals surface area contributed by atoms with Crippen LogP contribution in [0.1, 0.15) is 24.4 Å². The van der Waals surface area contributed by atoms with E-state index in [-0.39, 0.29) is 18.0 Å². The summed E-state index contributed by atoms with van der Waals surface area (Å²) < 4.78 is 0. The van der Waals surface area contributed by atoms with Gasteiger partial charge in [-0.05, 0) is 30.5 Å². The van der Waals surface area contributed by atoms with Gasteiger partial charge in [0.1, 0.15) is 0 Å². The molecule has 1 N–H and O–H groups in total. The summed E-state index contributed by atoms with van der Waals surface area (Å²) in [6.07, 6.45) is 5.78. The molecular weight excluding hydrogens is 258 g/mol. The Kier molecular flexibility index (Phi) is 4.03. The van der Waals surface area contributed by atoms with Crippen LogP contribution in [0.15, 0.2) is 24.5 Å². The van der Waals surface area contributed by atoms with Crippen LogP contribution in [-0.2, 0) is 4.79 Å². The third kappa shape index (κ3) is 2.77. The highest BCUT2D eigenvalue weighted by molar-refractivity contribution is 7.99. The van der Waals surface area contributed by atoms with Crippen LogP contribution in [0, 0.1) is 0 Å². The quantitative estimate of drug-likeness (QED) is 0.889. The molecule has 5 heteroatoms. The van der Waals surface area contributed by atoms with E-state index in [1.165, 1.54) is 5.56 Å². The number of amides is 1. The average molecular weight is 277 g/mol. The Bertz CT molecular complexity index is 434. The minimum absolute atomic E-state index is 0.00110. The highest BCUT2D eigenvalue weighted by Gasteiger charge is 2.34. The van der Waals surface area contributed by atoms with Crippen molar-refractivity contribution in [1.82, 2.24) is 15.2 Å². The van der Waals surface area contributed by atoms with Gasteiger partial charge in [0.2, 0.25) is 5.91 Å². The summed E-state index contributed by atoms with van der Waals surface area (Å²) in [5.41, 5.74) is 1.21. The predicted molar refractivity (Wildman–Crippen MR) is 77.0 cm³/mol. The van der Waals surface area contributed by atoms with Gasteiger partial charge in [-0.2, -0.15) is 11.8 Å². The first-order valence-corrected chi connectivity index (χ1v) is 8.03. The monoisotopic (exact) mass is 277 g/mol. The second-order valence-corrected chi connectivity index (χ2v) is 6.20. The molecule has 3 heterocycles. The Hall–Kier alpha value is -1.07. The highest BCUT2D eigenvalue weighted by Crippen LogP contribution is 2.32. The van der Waals surface area contributed by atoms with Crippen LogP contribution < -0.4 is 5.32 Å². The Morgan fingerprint density at radius 1 is 1.42 bits per heavy atom. The summed E-state index contributed by atoms with van der Waals surface area (Å²) in [7, 11) is 0. The van der Waals surface area contributed by atoms with Gasteiger partial charge < -0.3 is 10.2 Å². The maximum absolute atomic E-state index is 12.6. The third-order valence-electron chi connectivity index (χ3n) is 3.85. The smallest absolute Gasteiger partial charge is 0.241 e. The summed E-state index contributed by atoms with van der Waals surface area (Å²) in [6, 6.07) is 4.30. The van der Waals surface area contributed by atoms with Crippen LogP contribution >= 0.6 is 11.8 Å². The first kappa shape index (κ1) is 12.9.